The molecule has 204 valence electrons. The summed E-state index contributed by atoms with van der Waals surface area (Å²) >= 11 is 6.82. The Balaban J connectivity index is 1.32. The molecule has 1 N–H and O–H groups in total. The molecule has 4 nitrogen and oxygen atoms in total. The van der Waals surface area contributed by atoms with E-state index in [9.17, 15) is 14.4 Å². The van der Waals surface area contributed by atoms with Crippen LogP contribution >= 0.6 is 11.6 Å². The number of carbonyl (C=O) groups excluding carboxylic acids is 2. The van der Waals surface area contributed by atoms with E-state index in [2.05, 4.69) is 26.0 Å². The van der Waals surface area contributed by atoms with E-state index in [0.717, 1.165) is 47.3 Å². The minimum atomic E-state index is -3.12. The summed E-state index contributed by atoms with van der Waals surface area (Å²) in [6, 6.07) is 26.5. The molecular formula is C33H38ClNO3Si. The largest absolute Gasteiger partial charge is 0.424 e. The molecule has 1 saturated heterocycles. The van der Waals surface area contributed by atoms with Gasteiger partial charge < -0.3 is 9.70 Å². The molecule has 2 fully saturated rings. The standard InChI is InChI=1S/C33H38ClNO3Si/c1-33(2,39(38,29-9-5-3-6-10-29)30-11-7-4-8-12-30)23-24-13-14-25(31(34)21-24)22-26-19-20-35(32(26)37)27-15-17-28(36)18-16-27/h3-14,21,26-27,38H,15-20,22-23H2,1-2H3. The van der Waals surface area contributed by atoms with Crippen LogP contribution in [0, 0.1) is 5.92 Å². The van der Waals surface area contributed by atoms with E-state index < -0.39 is 13.4 Å². The first-order valence-corrected chi connectivity index (χ1v) is 16.4. The van der Waals surface area contributed by atoms with Gasteiger partial charge in [0.05, 0.1) is 0 Å². The van der Waals surface area contributed by atoms with Crippen LogP contribution in [0.5, 0.6) is 0 Å². The summed E-state index contributed by atoms with van der Waals surface area (Å²) in [4.78, 5) is 39.3. The average Bonchev–Trinajstić information content (AvgIpc) is 3.30. The first-order chi connectivity index (χ1) is 18.7. The summed E-state index contributed by atoms with van der Waals surface area (Å²) < 4.78 is 0. The van der Waals surface area contributed by atoms with Gasteiger partial charge in [-0.3, -0.25) is 9.59 Å². The quantitative estimate of drug-likeness (QED) is 0.380. The number of hydrogen-bond acceptors (Lipinski definition) is 3. The second kappa shape index (κ2) is 11.4. The number of nitrogens with zero attached hydrogens (tertiary/aromatic N) is 1. The molecule has 0 aromatic heterocycles. The van der Waals surface area contributed by atoms with Crippen molar-refractivity contribution < 1.29 is 14.4 Å². The minimum Gasteiger partial charge on any atom is -0.424 e. The number of hydrogen-bond donors (Lipinski definition) is 1. The fraction of sp³-hybridized carbons (Fsp3) is 0.394. The van der Waals surface area contributed by atoms with Crippen molar-refractivity contribution in [3.8, 4) is 0 Å². The zero-order valence-corrected chi connectivity index (χ0v) is 24.7. The lowest BCUT2D eigenvalue weighted by atomic mass is 9.93. The molecule has 1 aliphatic carbocycles. The Labute approximate surface area is 238 Å². The molecule has 1 atom stereocenters. The molecule has 6 heteroatoms. The first kappa shape index (κ1) is 27.8. The Morgan fingerprint density at radius 3 is 2.05 bits per heavy atom. The summed E-state index contributed by atoms with van der Waals surface area (Å²) in [6.45, 7) is 5.09. The Bertz CT molecular complexity index is 1280. The molecule has 0 spiro atoms. The van der Waals surface area contributed by atoms with Crippen LogP contribution in [0.2, 0.25) is 10.1 Å². The summed E-state index contributed by atoms with van der Waals surface area (Å²) in [7, 11) is -3.12. The van der Waals surface area contributed by atoms with E-state index in [-0.39, 0.29) is 17.9 Å². The minimum absolute atomic E-state index is 0.0592. The lowest BCUT2D eigenvalue weighted by Crippen LogP contribution is -2.65. The zero-order chi connectivity index (χ0) is 27.6. The van der Waals surface area contributed by atoms with Crippen molar-refractivity contribution in [1.29, 1.82) is 0 Å². The zero-order valence-electron chi connectivity index (χ0n) is 22.9. The molecule has 1 amide bonds. The monoisotopic (exact) mass is 559 g/mol. The number of amides is 1. The van der Waals surface area contributed by atoms with Crippen LogP contribution < -0.4 is 10.4 Å². The van der Waals surface area contributed by atoms with E-state index in [1.807, 2.05) is 71.6 Å². The summed E-state index contributed by atoms with van der Waals surface area (Å²) in [5, 5.41) is 2.26. The van der Waals surface area contributed by atoms with Gasteiger partial charge in [-0.1, -0.05) is 98.2 Å². The maximum Gasteiger partial charge on any atom is 0.258 e. The molecule has 2 aliphatic rings. The lowest BCUT2D eigenvalue weighted by Gasteiger charge is -2.41. The van der Waals surface area contributed by atoms with Crippen LogP contribution in [0.1, 0.15) is 57.1 Å². The second-order valence-electron chi connectivity index (χ2n) is 11.9. The highest BCUT2D eigenvalue weighted by Gasteiger charge is 2.49. The predicted octanol–water partition coefficient (Wildman–Crippen LogP) is 5.32. The normalized spacial score (nSPS) is 19.1. The van der Waals surface area contributed by atoms with Crippen molar-refractivity contribution in [3.05, 3.63) is 95.0 Å². The Hall–Kier alpha value is -2.73. The average molecular weight is 560 g/mol. The number of halogens is 1. The highest BCUT2D eigenvalue weighted by atomic mass is 35.5. The van der Waals surface area contributed by atoms with E-state index >= 15 is 0 Å². The van der Waals surface area contributed by atoms with Crippen molar-refractivity contribution in [2.75, 3.05) is 6.54 Å². The Morgan fingerprint density at radius 1 is 0.897 bits per heavy atom. The van der Waals surface area contributed by atoms with Crippen LogP contribution in [0.3, 0.4) is 0 Å². The van der Waals surface area contributed by atoms with Gasteiger partial charge in [-0.25, -0.2) is 0 Å². The fourth-order valence-electron chi connectivity index (χ4n) is 6.63. The van der Waals surface area contributed by atoms with Crippen LogP contribution in [0.25, 0.3) is 0 Å². The van der Waals surface area contributed by atoms with Crippen molar-refractivity contribution >= 4 is 42.0 Å². The summed E-state index contributed by atoms with van der Waals surface area (Å²) in [5.74, 6) is 0.464. The van der Waals surface area contributed by atoms with Crippen molar-refractivity contribution in [2.24, 2.45) is 5.92 Å². The summed E-state index contributed by atoms with van der Waals surface area (Å²) in [5.41, 5.74) is 2.08. The van der Waals surface area contributed by atoms with Crippen LogP contribution in [-0.2, 0) is 22.4 Å². The van der Waals surface area contributed by atoms with Crippen molar-refractivity contribution in [3.63, 3.8) is 0 Å². The van der Waals surface area contributed by atoms with E-state index in [0.29, 0.717) is 36.5 Å². The molecule has 0 radical (unpaired) electrons. The highest BCUT2D eigenvalue weighted by molar-refractivity contribution is 6.98. The molecule has 3 aromatic rings. The third kappa shape index (κ3) is 5.63. The lowest BCUT2D eigenvalue weighted by molar-refractivity contribution is -0.135. The van der Waals surface area contributed by atoms with Gasteiger partial charge in [0.25, 0.3) is 8.32 Å². The smallest absolute Gasteiger partial charge is 0.258 e. The molecular weight excluding hydrogens is 522 g/mol. The van der Waals surface area contributed by atoms with Crippen molar-refractivity contribution in [1.82, 2.24) is 4.90 Å². The molecule has 1 unspecified atom stereocenters. The Morgan fingerprint density at radius 2 is 1.49 bits per heavy atom. The fourth-order valence-corrected chi connectivity index (χ4v) is 10.6. The van der Waals surface area contributed by atoms with Gasteiger partial charge in [-0.05, 0) is 64.7 Å². The van der Waals surface area contributed by atoms with Gasteiger partial charge in [0.1, 0.15) is 5.78 Å². The number of carbonyl (C=O) groups is 2. The second-order valence-corrected chi connectivity index (χ2v) is 16.3. The molecule has 0 bridgehead atoms. The van der Waals surface area contributed by atoms with Gasteiger partial charge >= 0.3 is 0 Å². The van der Waals surface area contributed by atoms with Crippen LogP contribution in [0.15, 0.2) is 78.9 Å². The molecule has 1 saturated carbocycles. The predicted molar refractivity (Wildman–Crippen MR) is 160 cm³/mol. The topological polar surface area (TPSA) is 57.6 Å². The van der Waals surface area contributed by atoms with Gasteiger partial charge in [0, 0.05) is 36.4 Å². The molecule has 1 heterocycles. The van der Waals surface area contributed by atoms with E-state index in [4.69, 9.17) is 11.6 Å². The number of ketones is 1. The maximum atomic E-state index is 13.2. The van der Waals surface area contributed by atoms with Crippen molar-refractivity contribution in [2.45, 2.75) is 69.9 Å². The highest BCUT2D eigenvalue weighted by Crippen LogP contribution is 2.40. The number of Topliss-reactive ketones (excluding diaryl/α,β-unsaturated/α-hetero) is 1. The molecule has 3 aromatic carbocycles. The van der Waals surface area contributed by atoms with E-state index in [1.54, 1.807) is 0 Å². The molecule has 5 rings (SSSR count). The van der Waals surface area contributed by atoms with Gasteiger partial charge in [0.15, 0.2) is 0 Å². The molecule has 39 heavy (non-hydrogen) atoms. The summed E-state index contributed by atoms with van der Waals surface area (Å²) in [6.07, 6.45) is 4.92. The number of benzene rings is 3. The molecule has 1 aliphatic heterocycles. The van der Waals surface area contributed by atoms with Crippen LogP contribution in [-0.4, -0.2) is 42.3 Å². The SMILES string of the molecule is CC(C)(Cc1ccc(CC2CCN(C3CCC(=O)CC3)C2=O)c(Cl)c1)[Si](O)(c1ccccc1)c1ccccc1. The van der Waals surface area contributed by atoms with Gasteiger partial charge in [0.2, 0.25) is 5.91 Å². The van der Waals surface area contributed by atoms with Gasteiger partial charge in [-0.2, -0.15) is 0 Å². The number of likely N-dealkylation sites (tertiary alicyclic amines) is 1. The third-order valence-electron chi connectivity index (χ3n) is 8.90. The Kier molecular flexibility index (Phi) is 8.13. The third-order valence-corrected chi connectivity index (χ3v) is 13.7. The maximum absolute atomic E-state index is 13.2. The van der Waals surface area contributed by atoms with Gasteiger partial charge in [-0.15, -0.1) is 0 Å². The van der Waals surface area contributed by atoms with Crippen LogP contribution in [0.4, 0.5) is 0 Å². The first-order valence-electron chi connectivity index (χ1n) is 14.1. The van der Waals surface area contributed by atoms with E-state index in [1.165, 1.54) is 0 Å². The number of rotatable bonds is 8.